The van der Waals surface area contributed by atoms with Crippen molar-refractivity contribution in [3.05, 3.63) is 143 Å². The van der Waals surface area contributed by atoms with Crippen LogP contribution in [0.25, 0.3) is 33.6 Å². The summed E-state index contributed by atoms with van der Waals surface area (Å²) in [5, 5.41) is 0. The smallest absolute Gasteiger partial charge is 0.245 e. The molecule has 4 atom stereocenters. The van der Waals surface area contributed by atoms with E-state index in [-0.39, 0.29) is 36.0 Å². The Morgan fingerprint density at radius 2 is 1.11 bits per heavy atom. The van der Waals surface area contributed by atoms with Crippen LogP contribution in [0.3, 0.4) is 0 Å². The predicted octanol–water partition coefficient (Wildman–Crippen LogP) is 10.7. The van der Waals surface area contributed by atoms with E-state index in [9.17, 15) is 9.59 Å². The number of aromatic nitrogens is 4. The second-order valence-corrected chi connectivity index (χ2v) is 18.0. The lowest BCUT2D eigenvalue weighted by Crippen LogP contribution is -2.43. The number of likely N-dealkylation sites (N-methyl/N-ethyl adjacent to an activating group) is 2. The Morgan fingerprint density at radius 3 is 1.65 bits per heavy atom. The van der Waals surface area contributed by atoms with Crippen molar-refractivity contribution in [1.82, 2.24) is 39.5 Å². The van der Waals surface area contributed by atoms with Gasteiger partial charge < -0.3 is 19.8 Å². The van der Waals surface area contributed by atoms with Crippen LogP contribution >= 0.6 is 0 Å². The Bertz CT molecular complexity index is 2560. The Labute approximate surface area is 385 Å². The number of hydrogen-bond acceptors (Lipinski definition) is 6. The third-order valence-electron chi connectivity index (χ3n) is 14.4. The molecule has 4 aromatic carbocycles. The molecule has 0 bridgehead atoms. The number of nitrogens with one attached hydrogen (secondary N) is 2. The number of hydrogen-bond donors (Lipinski definition) is 2. The standard InChI is InChI=1S/C55H66N8O2/c1-6-44-48(58-52(56-44)46-26-18-34-62(46)54(64)50(60(7-2)8-3)39-20-13-11-14-21-39)38-30-28-37(29-31-38)41-32-33-43-42(36-41)24-17-25-45-49(43)59-53(57-45)47-27-19-35-63(47)55(65)51(61(9-4)10-5)40-22-15-12-16-23-40/h11-16,20-23,28-33,36,46-47,50-51H,6-10,17-19,24-27,34-35H2,1-5H3,(H,56,58)(H,57,59)/t46-,47?,50+,51+/m0/s1. The van der Waals surface area contributed by atoms with Gasteiger partial charge >= 0.3 is 0 Å². The molecule has 4 heterocycles. The first-order valence-electron chi connectivity index (χ1n) is 24.5. The van der Waals surface area contributed by atoms with Crippen LogP contribution < -0.4 is 0 Å². The van der Waals surface area contributed by atoms with Gasteiger partial charge in [-0.15, -0.1) is 0 Å². The number of carbonyl (C=O) groups excluding carboxylic acids is 2. The molecule has 1 aliphatic carbocycles. The molecular formula is C55H66N8O2. The molecule has 10 heteroatoms. The first-order chi connectivity index (χ1) is 31.8. The van der Waals surface area contributed by atoms with Crippen molar-refractivity contribution in [2.24, 2.45) is 0 Å². The lowest BCUT2D eigenvalue weighted by atomic mass is 9.95. The molecule has 0 spiro atoms. The monoisotopic (exact) mass is 871 g/mol. The summed E-state index contributed by atoms with van der Waals surface area (Å²) in [5.74, 6) is 2.12. The van der Waals surface area contributed by atoms with E-state index in [2.05, 4.69) is 131 Å². The summed E-state index contributed by atoms with van der Waals surface area (Å²) in [5.41, 5.74) is 12.3. The molecule has 2 fully saturated rings. The number of carbonyl (C=O) groups is 2. The predicted molar refractivity (Wildman–Crippen MR) is 260 cm³/mol. The van der Waals surface area contributed by atoms with Crippen LogP contribution in [0.15, 0.2) is 103 Å². The number of nitrogens with zero attached hydrogens (tertiary/aromatic N) is 6. The molecule has 1 unspecified atom stereocenters. The van der Waals surface area contributed by atoms with Gasteiger partial charge in [-0.25, -0.2) is 9.97 Å². The highest BCUT2D eigenvalue weighted by Crippen LogP contribution is 2.41. The minimum Gasteiger partial charge on any atom is -0.344 e. The lowest BCUT2D eigenvalue weighted by molar-refractivity contribution is -0.139. The number of benzene rings is 4. The Kier molecular flexibility index (Phi) is 13.5. The van der Waals surface area contributed by atoms with Crippen molar-refractivity contribution < 1.29 is 9.59 Å². The molecule has 338 valence electrons. The number of aromatic amines is 2. The molecular weight excluding hydrogens is 805 g/mol. The molecule has 2 N–H and O–H groups in total. The van der Waals surface area contributed by atoms with E-state index in [1.807, 2.05) is 36.4 Å². The van der Waals surface area contributed by atoms with Crippen molar-refractivity contribution in [2.45, 2.75) is 110 Å². The zero-order chi connectivity index (χ0) is 45.0. The van der Waals surface area contributed by atoms with Gasteiger partial charge in [-0.05, 0) is 105 Å². The highest BCUT2D eigenvalue weighted by Gasteiger charge is 2.40. The molecule has 0 radical (unpaired) electrons. The molecule has 6 aromatic rings. The maximum atomic E-state index is 14.5. The number of rotatable bonds is 15. The van der Waals surface area contributed by atoms with E-state index in [0.717, 1.165) is 142 Å². The fourth-order valence-corrected chi connectivity index (χ4v) is 11.0. The highest BCUT2D eigenvalue weighted by molar-refractivity contribution is 5.85. The minimum atomic E-state index is -0.317. The van der Waals surface area contributed by atoms with Gasteiger partial charge in [0.2, 0.25) is 11.8 Å². The lowest BCUT2D eigenvalue weighted by Gasteiger charge is -2.34. The normalized spacial score (nSPS) is 18.2. The number of imidazole rings is 2. The van der Waals surface area contributed by atoms with Crippen LogP contribution in [-0.4, -0.2) is 90.6 Å². The Balaban J connectivity index is 0.939. The van der Waals surface area contributed by atoms with Crippen molar-refractivity contribution in [1.29, 1.82) is 0 Å². The molecule has 9 rings (SSSR count). The van der Waals surface area contributed by atoms with Crippen molar-refractivity contribution in [3.63, 3.8) is 0 Å². The van der Waals surface area contributed by atoms with Crippen molar-refractivity contribution in [3.8, 4) is 33.6 Å². The third-order valence-corrected chi connectivity index (χ3v) is 14.4. The fraction of sp³-hybridized carbons (Fsp3) is 0.418. The van der Waals surface area contributed by atoms with Crippen LogP contribution in [0.4, 0.5) is 0 Å². The molecule has 3 aliphatic rings. The van der Waals surface area contributed by atoms with Gasteiger partial charge in [0.25, 0.3) is 0 Å². The first-order valence-corrected chi connectivity index (χ1v) is 24.5. The average Bonchev–Trinajstić information content (AvgIpc) is 4.18. The van der Waals surface area contributed by atoms with E-state index in [1.165, 1.54) is 22.4 Å². The molecule has 2 aromatic heterocycles. The number of aryl methyl sites for hydroxylation is 3. The number of amides is 2. The van der Waals surface area contributed by atoms with Crippen molar-refractivity contribution in [2.75, 3.05) is 39.3 Å². The molecule has 2 saturated heterocycles. The number of H-pyrrole nitrogens is 2. The minimum absolute atomic E-state index is 0.0691. The fourth-order valence-electron chi connectivity index (χ4n) is 11.0. The van der Waals surface area contributed by atoms with Crippen LogP contribution in [-0.2, 0) is 28.9 Å². The van der Waals surface area contributed by atoms with Crippen molar-refractivity contribution >= 4 is 11.8 Å². The van der Waals surface area contributed by atoms with Gasteiger partial charge in [-0.2, -0.15) is 0 Å². The summed E-state index contributed by atoms with van der Waals surface area (Å²) in [6.45, 7) is 15.4. The Hall–Kier alpha value is -5.84. The average molecular weight is 871 g/mol. The molecule has 0 saturated carbocycles. The summed E-state index contributed by atoms with van der Waals surface area (Å²) in [6.07, 6.45) is 7.48. The number of fused-ring (bicyclic) bond motifs is 3. The van der Waals surface area contributed by atoms with E-state index < -0.39 is 0 Å². The van der Waals surface area contributed by atoms with Gasteiger partial charge in [0.05, 0.1) is 23.5 Å². The topological polar surface area (TPSA) is 104 Å². The first kappa shape index (κ1) is 44.4. The van der Waals surface area contributed by atoms with Crippen LogP contribution in [0, 0.1) is 0 Å². The van der Waals surface area contributed by atoms with Crippen LogP contribution in [0.2, 0.25) is 0 Å². The largest absolute Gasteiger partial charge is 0.344 e. The molecule has 65 heavy (non-hydrogen) atoms. The zero-order valence-corrected chi connectivity index (χ0v) is 39.0. The SMILES string of the molecule is CCc1[nH]c([C@@H]2CCCN2C(=O)[C@@H](c2ccccc2)N(CC)CC)nc1-c1ccc(-c2ccc3c(c2)CCCc2[nH]c(C4CCCN4C(=O)[C@@H](c4ccccc4)N(CC)CC)nc2-3)cc1. The van der Waals surface area contributed by atoms with Gasteiger partial charge in [0, 0.05) is 35.6 Å². The quantitative estimate of drug-likeness (QED) is 0.107. The van der Waals surface area contributed by atoms with Crippen LogP contribution in [0.1, 0.15) is 131 Å². The van der Waals surface area contributed by atoms with E-state index >= 15 is 0 Å². The van der Waals surface area contributed by atoms with Crippen LogP contribution in [0.5, 0.6) is 0 Å². The molecule has 2 aliphatic heterocycles. The maximum Gasteiger partial charge on any atom is 0.245 e. The van der Waals surface area contributed by atoms with Gasteiger partial charge in [0.1, 0.15) is 23.7 Å². The van der Waals surface area contributed by atoms with Gasteiger partial charge in [0.15, 0.2) is 0 Å². The second-order valence-electron chi connectivity index (χ2n) is 18.0. The molecule has 10 nitrogen and oxygen atoms in total. The van der Waals surface area contributed by atoms with Gasteiger partial charge in [-0.1, -0.05) is 138 Å². The summed E-state index contributed by atoms with van der Waals surface area (Å²) in [4.78, 5) is 55.7. The van der Waals surface area contributed by atoms with E-state index in [1.54, 1.807) is 0 Å². The zero-order valence-electron chi connectivity index (χ0n) is 39.0. The second kappa shape index (κ2) is 19.7. The summed E-state index contributed by atoms with van der Waals surface area (Å²) >= 11 is 0. The maximum absolute atomic E-state index is 14.5. The summed E-state index contributed by atoms with van der Waals surface area (Å²) in [7, 11) is 0. The molecule has 2 amide bonds. The third kappa shape index (κ3) is 8.71. The summed E-state index contributed by atoms with van der Waals surface area (Å²) in [6, 6.07) is 35.4. The van der Waals surface area contributed by atoms with E-state index in [4.69, 9.17) is 9.97 Å². The summed E-state index contributed by atoms with van der Waals surface area (Å²) < 4.78 is 0. The Morgan fingerprint density at radius 1 is 0.600 bits per heavy atom. The highest BCUT2D eigenvalue weighted by atomic mass is 16.2. The van der Waals surface area contributed by atoms with E-state index in [0.29, 0.717) is 0 Å². The number of likely N-dealkylation sites (tertiary alicyclic amines) is 2. The van der Waals surface area contributed by atoms with Gasteiger partial charge in [-0.3, -0.25) is 19.4 Å².